The van der Waals surface area contributed by atoms with E-state index in [9.17, 15) is 0 Å². The normalized spacial score (nSPS) is 7.75. The fourth-order valence-corrected chi connectivity index (χ4v) is 0.346. The van der Waals surface area contributed by atoms with Crippen molar-refractivity contribution in [2.24, 2.45) is 0 Å². The summed E-state index contributed by atoms with van der Waals surface area (Å²) in [5.74, 6) is 0.465. The zero-order valence-corrected chi connectivity index (χ0v) is 5.18. The van der Waals surface area contributed by atoms with Gasteiger partial charge in [0.15, 0.2) is 0 Å². The molecule has 0 atom stereocenters. The number of ether oxygens (including phenoxy) is 2. The fraction of sp³-hybridized carbons (Fsp3) is 0.600. The molecule has 0 aliphatic carbocycles. The summed E-state index contributed by atoms with van der Waals surface area (Å²) in [5, 5.41) is 0. The Morgan fingerprint density at radius 1 is 1.50 bits per heavy atom. The van der Waals surface area contributed by atoms with E-state index in [0.29, 0.717) is 12.3 Å². The summed E-state index contributed by atoms with van der Waals surface area (Å²) in [6, 6.07) is 0. The van der Waals surface area contributed by atoms with Crippen LogP contribution in [0.15, 0.2) is 12.0 Å². The summed E-state index contributed by atoms with van der Waals surface area (Å²) in [6.07, 6.45) is 2.09. The molecular weight excluding hydrogens is 103 g/mol. The molecule has 0 saturated heterocycles. The van der Waals surface area contributed by atoms with Gasteiger partial charge >= 0.3 is 0 Å². The van der Waals surface area contributed by atoms with Crippen molar-refractivity contribution in [3.63, 3.8) is 0 Å². The molecule has 44 valence electrons. The highest BCUT2D eigenvalue weighted by molar-refractivity contribution is 6.09. The van der Waals surface area contributed by atoms with Crippen LogP contribution in [0.3, 0.4) is 0 Å². The Morgan fingerprint density at radius 3 is 2.12 bits per heavy atom. The zero-order chi connectivity index (χ0) is 6.41. The number of hydrogen-bond acceptors (Lipinski definition) is 2. The first-order chi connectivity index (χ1) is 3.85. The van der Waals surface area contributed by atoms with Crippen molar-refractivity contribution in [1.29, 1.82) is 0 Å². The SMILES string of the molecule is [B]CC=C(OC)OC. The largest absolute Gasteiger partial charge is 0.469 e. The van der Waals surface area contributed by atoms with Crippen molar-refractivity contribution in [1.82, 2.24) is 0 Å². The minimum Gasteiger partial charge on any atom is -0.469 e. The Hall–Kier alpha value is -0.595. The second kappa shape index (κ2) is 4.56. The van der Waals surface area contributed by atoms with Gasteiger partial charge in [-0.2, -0.15) is 0 Å². The van der Waals surface area contributed by atoms with Crippen molar-refractivity contribution in [3.05, 3.63) is 12.0 Å². The topological polar surface area (TPSA) is 18.5 Å². The van der Waals surface area contributed by atoms with Crippen LogP contribution in [0.4, 0.5) is 0 Å². The van der Waals surface area contributed by atoms with Gasteiger partial charge < -0.3 is 9.47 Å². The average Bonchev–Trinajstić information content (AvgIpc) is 1.83. The summed E-state index contributed by atoms with van der Waals surface area (Å²) in [4.78, 5) is 0. The standard InChI is InChI=1S/C5H9BO2/c1-7-5(8-2)3-4-6/h3H,4H2,1-2H3. The highest BCUT2D eigenvalue weighted by Crippen LogP contribution is 1.95. The van der Waals surface area contributed by atoms with Gasteiger partial charge in [-0.15, -0.1) is 0 Å². The predicted octanol–water partition coefficient (Wildman–Crippen LogP) is 0.707. The summed E-state index contributed by atoms with van der Waals surface area (Å²) in [5.41, 5.74) is 0. The van der Waals surface area contributed by atoms with E-state index in [1.54, 1.807) is 6.08 Å². The van der Waals surface area contributed by atoms with Crippen LogP contribution in [0.1, 0.15) is 0 Å². The van der Waals surface area contributed by atoms with Gasteiger partial charge in [0.2, 0.25) is 0 Å². The van der Waals surface area contributed by atoms with E-state index in [4.69, 9.17) is 17.3 Å². The van der Waals surface area contributed by atoms with Crippen molar-refractivity contribution in [3.8, 4) is 0 Å². The summed E-state index contributed by atoms with van der Waals surface area (Å²) in [7, 11) is 8.21. The molecule has 0 aromatic carbocycles. The first kappa shape index (κ1) is 7.40. The molecule has 0 aromatic heterocycles. The van der Waals surface area contributed by atoms with Crippen LogP contribution in [0.5, 0.6) is 0 Å². The number of methoxy groups -OCH3 is 2. The monoisotopic (exact) mass is 112 g/mol. The molecule has 0 amide bonds. The second-order valence-electron chi connectivity index (χ2n) is 1.17. The van der Waals surface area contributed by atoms with Gasteiger partial charge in [-0.3, -0.25) is 0 Å². The molecule has 2 nitrogen and oxygen atoms in total. The van der Waals surface area contributed by atoms with Gasteiger partial charge in [-0.1, -0.05) is 6.32 Å². The van der Waals surface area contributed by atoms with Crippen LogP contribution < -0.4 is 0 Å². The molecule has 0 rings (SSSR count). The molecule has 0 aliphatic heterocycles. The van der Waals surface area contributed by atoms with Gasteiger partial charge in [0, 0.05) is 0 Å². The van der Waals surface area contributed by atoms with Gasteiger partial charge in [0.1, 0.15) is 0 Å². The van der Waals surface area contributed by atoms with E-state index in [2.05, 4.69) is 0 Å². The molecule has 0 unspecified atom stereocenters. The van der Waals surface area contributed by atoms with Gasteiger partial charge in [0.05, 0.1) is 22.1 Å². The number of allylic oxidation sites excluding steroid dienone is 1. The van der Waals surface area contributed by atoms with Crippen molar-refractivity contribution >= 4 is 7.85 Å². The molecule has 0 saturated carbocycles. The van der Waals surface area contributed by atoms with Crippen LogP contribution in [-0.4, -0.2) is 22.1 Å². The van der Waals surface area contributed by atoms with E-state index in [0.717, 1.165) is 0 Å². The molecule has 0 heterocycles. The molecule has 0 N–H and O–H groups in total. The Balaban J connectivity index is 3.49. The second-order valence-corrected chi connectivity index (χ2v) is 1.17. The maximum atomic E-state index is 5.14. The molecule has 8 heavy (non-hydrogen) atoms. The quantitative estimate of drug-likeness (QED) is 0.395. The van der Waals surface area contributed by atoms with Crippen molar-refractivity contribution in [2.45, 2.75) is 6.32 Å². The number of hydrogen-bond donors (Lipinski definition) is 0. The zero-order valence-electron chi connectivity index (χ0n) is 5.18. The van der Waals surface area contributed by atoms with Crippen LogP contribution >= 0.6 is 0 Å². The van der Waals surface area contributed by atoms with E-state index in [1.807, 2.05) is 0 Å². The molecule has 0 fully saturated rings. The minimum absolute atomic E-state index is 0.441. The third kappa shape index (κ3) is 2.56. The van der Waals surface area contributed by atoms with E-state index < -0.39 is 0 Å². The maximum absolute atomic E-state index is 5.14. The Labute approximate surface area is 50.9 Å². The van der Waals surface area contributed by atoms with Gasteiger partial charge in [0.25, 0.3) is 5.95 Å². The first-order valence-electron chi connectivity index (χ1n) is 2.33. The first-order valence-corrected chi connectivity index (χ1v) is 2.33. The minimum atomic E-state index is 0.441. The lowest BCUT2D eigenvalue weighted by Gasteiger charge is -2.00. The maximum Gasteiger partial charge on any atom is 0.273 e. The molecule has 3 heteroatoms. The van der Waals surface area contributed by atoms with Crippen LogP contribution in [-0.2, 0) is 9.47 Å². The highest BCUT2D eigenvalue weighted by atomic mass is 16.7. The van der Waals surface area contributed by atoms with Crippen LogP contribution in [0.2, 0.25) is 6.32 Å². The third-order valence-electron chi connectivity index (χ3n) is 0.687. The summed E-state index contributed by atoms with van der Waals surface area (Å²) in [6.45, 7) is 0. The van der Waals surface area contributed by atoms with Gasteiger partial charge in [-0.25, -0.2) is 0 Å². The lowest BCUT2D eigenvalue weighted by atomic mass is 10.1. The lowest BCUT2D eigenvalue weighted by molar-refractivity contribution is 0.0948. The predicted molar refractivity (Wildman–Crippen MR) is 32.7 cm³/mol. The number of rotatable bonds is 3. The molecule has 0 bridgehead atoms. The van der Waals surface area contributed by atoms with Gasteiger partial charge in [-0.05, 0) is 6.08 Å². The Morgan fingerprint density at radius 2 is 2.00 bits per heavy atom. The van der Waals surface area contributed by atoms with E-state index in [-0.39, 0.29) is 0 Å². The average molecular weight is 112 g/mol. The summed E-state index contributed by atoms with van der Waals surface area (Å²) < 4.78 is 9.40. The van der Waals surface area contributed by atoms with Crippen LogP contribution in [0.25, 0.3) is 0 Å². The van der Waals surface area contributed by atoms with E-state index in [1.165, 1.54) is 14.2 Å². The summed E-state index contributed by atoms with van der Waals surface area (Å²) >= 11 is 0. The fourth-order valence-electron chi connectivity index (χ4n) is 0.346. The lowest BCUT2D eigenvalue weighted by Crippen LogP contribution is -1.87. The molecule has 0 aliphatic rings. The van der Waals surface area contributed by atoms with Crippen LogP contribution in [0, 0.1) is 0 Å². The van der Waals surface area contributed by atoms with Crippen molar-refractivity contribution in [2.75, 3.05) is 14.2 Å². The van der Waals surface area contributed by atoms with E-state index >= 15 is 0 Å². The van der Waals surface area contributed by atoms with Crippen molar-refractivity contribution < 1.29 is 9.47 Å². The molecule has 2 radical (unpaired) electrons. The Kier molecular flexibility index (Phi) is 4.22. The highest BCUT2D eigenvalue weighted by Gasteiger charge is 1.86. The molecule has 0 spiro atoms. The molecular formula is C5H9BO2. The molecule has 0 aromatic rings. The smallest absolute Gasteiger partial charge is 0.273 e. The Bertz CT molecular complexity index is 74.5. The third-order valence-corrected chi connectivity index (χ3v) is 0.687.